The maximum atomic E-state index is 10.6. The number of carbonyl (C=O) groups is 1. The topological polar surface area (TPSA) is 69.8 Å². The van der Waals surface area contributed by atoms with Crippen LogP contribution in [0.5, 0.6) is 0 Å². The Morgan fingerprint density at radius 1 is 1.41 bits per heavy atom. The van der Waals surface area contributed by atoms with E-state index in [4.69, 9.17) is 9.52 Å². The average Bonchev–Trinajstić information content (AvgIpc) is 2.67. The summed E-state index contributed by atoms with van der Waals surface area (Å²) in [6.45, 7) is 6.16. The Morgan fingerprint density at radius 3 is 2.59 bits per heavy atom. The van der Waals surface area contributed by atoms with Crippen molar-refractivity contribution in [3.05, 3.63) is 17.8 Å². The SMILES string of the molecule is Cc1ocnc1CN1CCN(CC(=O)O)CC1. The summed E-state index contributed by atoms with van der Waals surface area (Å²) in [4.78, 5) is 19.0. The number of hydrogen-bond acceptors (Lipinski definition) is 5. The van der Waals surface area contributed by atoms with E-state index in [1.807, 2.05) is 11.8 Å². The third-order valence-corrected chi connectivity index (χ3v) is 3.04. The largest absolute Gasteiger partial charge is 0.480 e. The van der Waals surface area contributed by atoms with Gasteiger partial charge in [0.15, 0.2) is 6.39 Å². The summed E-state index contributed by atoms with van der Waals surface area (Å²) in [7, 11) is 0. The second kappa shape index (κ2) is 5.29. The molecule has 1 aromatic rings. The van der Waals surface area contributed by atoms with E-state index in [2.05, 4.69) is 9.88 Å². The molecule has 1 aromatic heterocycles. The zero-order valence-corrected chi connectivity index (χ0v) is 9.93. The van der Waals surface area contributed by atoms with Gasteiger partial charge >= 0.3 is 5.97 Å². The van der Waals surface area contributed by atoms with E-state index in [1.165, 1.54) is 6.39 Å². The number of piperazine rings is 1. The van der Waals surface area contributed by atoms with Crippen LogP contribution >= 0.6 is 0 Å². The van der Waals surface area contributed by atoms with E-state index in [-0.39, 0.29) is 6.54 Å². The molecule has 0 amide bonds. The lowest BCUT2D eigenvalue weighted by atomic mass is 10.2. The minimum absolute atomic E-state index is 0.136. The second-order valence-electron chi connectivity index (χ2n) is 4.30. The Kier molecular flexibility index (Phi) is 3.75. The van der Waals surface area contributed by atoms with Crippen molar-refractivity contribution in [1.29, 1.82) is 0 Å². The van der Waals surface area contributed by atoms with Crippen molar-refractivity contribution >= 4 is 5.97 Å². The Balaban J connectivity index is 1.79. The summed E-state index contributed by atoms with van der Waals surface area (Å²) in [6, 6.07) is 0. The van der Waals surface area contributed by atoms with Gasteiger partial charge in [0.2, 0.25) is 0 Å². The van der Waals surface area contributed by atoms with Crippen LogP contribution in [0.1, 0.15) is 11.5 Å². The lowest BCUT2D eigenvalue weighted by molar-refractivity contribution is -0.138. The van der Waals surface area contributed by atoms with Gasteiger partial charge in [0.1, 0.15) is 5.76 Å². The summed E-state index contributed by atoms with van der Waals surface area (Å²) in [5, 5.41) is 8.70. The van der Waals surface area contributed by atoms with E-state index in [9.17, 15) is 4.79 Å². The van der Waals surface area contributed by atoms with Gasteiger partial charge in [-0.05, 0) is 6.92 Å². The molecule has 6 nitrogen and oxygen atoms in total. The molecule has 17 heavy (non-hydrogen) atoms. The first kappa shape index (κ1) is 12.1. The molecule has 1 N–H and O–H groups in total. The summed E-state index contributed by atoms with van der Waals surface area (Å²) in [5.41, 5.74) is 0.969. The Labute approximate surface area is 99.8 Å². The molecule has 1 aliphatic heterocycles. The molecule has 6 heteroatoms. The molecule has 1 aliphatic rings. The number of aliphatic carboxylic acids is 1. The smallest absolute Gasteiger partial charge is 0.317 e. The molecule has 94 valence electrons. The van der Waals surface area contributed by atoms with Crippen molar-refractivity contribution in [3.8, 4) is 0 Å². The number of carboxylic acid groups (broad SMARTS) is 1. The number of rotatable bonds is 4. The molecule has 0 aliphatic carbocycles. The molecular formula is C11H17N3O3. The lowest BCUT2D eigenvalue weighted by Crippen LogP contribution is -2.47. The molecule has 2 heterocycles. The summed E-state index contributed by atoms with van der Waals surface area (Å²) >= 11 is 0. The molecule has 1 fully saturated rings. The number of nitrogens with zero attached hydrogens (tertiary/aromatic N) is 3. The van der Waals surface area contributed by atoms with Crippen LogP contribution in [-0.2, 0) is 11.3 Å². The number of hydrogen-bond donors (Lipinski definition) is 1. The normalized spacial score (nSPS) is 18.4. The molecule has 0 saturated carbocycles. The molecular weight excluding hydrogens is 222 g/mol. The zero-order valence-electron chi connectivity index (χ0n) is 9.93. The molecule has 2 rings (SSSR count). The maximum absolute atomic E-state index is 10.6. The number of aryl methyl sites for hydroxylation is 1. The zero-order chi connectivity index (χ0) is 12.3. The van der Waals surface area contributed by atoms with Crippen LogP contribution < -0.4 is 0 Å². The Bertz CT molecular complexity index is 383. The van der Waals surface area contributed by atoms with Gasteiger partial charge in [0, 0.05) is 32.7 Å². The van der Waals surface area contributed by atoms with Crippen LogP contribution in [0.25, 0.3) is 0 Å². The highest BCUT2D eigenvalue weighted by molar-refractivity contribution is 5.69. The first-order valence-corrected chi connectivity index (χ1v) is 5.70. The summed E-state index contributed by atoms with van der Waals surface area (Å²) in [6.07, 6.45) is 1.46. The van der Waals surface area contributed by atoms with Gasteiger partial charge in [-0.15, -0.1) is 0 Å². The molecule has 1 saturated heterocycles. The molecule has 0 spiro atoms. The minimum atomic E-state index is -0.759. The van der Waals surface area contributed by atoms with E-state index in [0.717, 1.165) is 44.2 Å². The van der Waals surface area contributed by atoms with Crippen molar-refractivity contribution in [1.82, 2.24) is 14.8 Å². The predicted octanol–water partition coefficient (Wildman–Crippen LogP) is 0.185. The lowest BCUT2D eigenvalue weighted by Gasteiger charge is -2.33. The highest BCUT2D eigenvalue weighted by atomic mass is 16.4. The van der Waals surface area contributed by atoms with E-state index >= 15 is 0 Å². The van der Waals surface area contributed by atoms with Gasteiger partial charge in [0.05, 0.1) is 12.2 Å². The highest BCUT2D eigenvalue weighted by Crippen LogP contribution is 2.10. The summed E-state index contributed by atoms with van der Waals surface area (Å²) < 4.78 is 5.15. The van der Waals surface area contributed by atoms with Gasteiger partial charge in [-0.1, -0.05) is 0 Å². The molecule has 0 unspecified atom stereocenters. The van der Waals surface area contributed by atoms with Crippen molar-refractivity contribution in [2.75, 3.05) is 32.7 Å². The van der Waals surface area contributed by atoms with Crippen LogP contribution in [-0.4, -0.2) is 58.6 Å². The summed E-state index contributed by atoms with van der Waals surface area (Å²) in [5.74, 6) is 0.101. The van der Waals surface area contributed by atoms with E-state index in [1.54, 1.807) is 0 Å². The highest BCUT2D eigenvalue weighted by Gasteiger charge is 2.19. The standard InChI is InChI=1S/C11H17N3O3/c1-9-10(12-8-17-9)6-13-2-4-14(5-3-13)7-11(15)16/h8H,2-7H2,1H3,(H,15,16). The fourth-order valence-corrected chi connectivity index (χ4v) is 1.99. The van der Waals surface area contributed by atoms with Gasteiger partial charge < -0.3 is 9.52 Å². The van der Waals surface area contributed by atoms with Crippen LogP contribution in [0, 0.1) is 6.92 Å². The third-order valence-electron chi connectivity index (χ3n) is 3.04. The van der Waals surface area contributed by atoms with Crippen LogP contribution in [0.2, 0.25) is 0 Å². The van der Waals surface area contributed by atoms with Crippen molar-refractivity contribution in [2.45, 2.75) is 13.5 Å². The average molecular weight is 239 g/mol. The monoisotopic (exact) mass is 239 g/mol. The van der Waals surface area contributed by atoms with Crippen LogP contribution in [0.15, 0.2) is 10.8 Å². The first-order valence-electron chi connectivity index (χ1n) is 5.70. The Hall–Kier alpha value is -1.40. The number of aromatic nitrogens is 1. The maximum Gasteiger partial charge on any atom is 0.317 e. The molecule has 0 radical (unpaired) electrons. The molecule has 0 aromatic carbocycles. The van der Waals surface area contributed by atoms with E-state index < -0.39 is 5.97 Å². The molecule has 0 bridgehead atoms. The van der Waals surface area contributed by atoms with Gasteiger partial charge in [0.25, 0.3) is 0 Å². The minimum Gasteiger partial charge on any atom is -0.480 e. The fraction of sp³-hybridized carbons (Fsp3) is 0.636. The first-order chi connectivity index (χ1) is 8.15. The van der Waals surface area contributed by atoms with Gasteiger partial charge in [-0.3, -0.25) is 14.6 Å². The van der Waals surface area contributed by atoms with Crippen LogP contribution in [0.3, 0.4) is 0 Å². The predicted molar refractivity (Wildman–Crippen MR) is 60.6 cm³/mol. The quantitative estimate of drug-likeness (QED) is 0.808. The molecule has 0 atom stereocenters. The Morgan fingerprint density at radius 2 is 2.06 bits per heavy atom. The number of carboxylic acids is 1. The fourth-order valence-electron chi connectivity index (χ4n) is 1.99. The second-order valence-corrected chi connectivity index (χ2v) is 4.30. The van der Waals surface area contributed by atoms with Crippen molar-refractivity contribution < 1.29 is 14.3 Å². The van der Waals surface area contributed by atoms with E-state index in [0.29, 0.717) is 0 Å². The third kappa shape index (κ3) is 3.28. The van der Waals surface area contributed by atoms with Crippen LogP contribution in [0.4, 0.5) is 0 Å². The van der Waals surface area contributed by atoms with Gasteiger partial charge in [-0.2, -0.15) is 0 Å². The van der Waals surface area contributed by atoms with Gasteiger partial charge in [-0.25, -0.2) is 4.98 Å². The van der Waals surface area contributed by atoms with Crippen molar-refractivity contribution in [2.24, 2.45) is 0 Å². The number of oxazole rings is 1. The van der Waals surface area contributed by atoms with Crippen molar-refractivity contribution in [3.63, 3.8) is 0 Å².